The van der Waals surface area contributed by atoms with Crippen LogP contribution >= 0.6 is 0 Å². The third-order valence-electron chi connectivity index (χ3n) is 2.56. The minimum Gasteiger partial charge on any atom is -0.462 e. The molecule has 3 N–H and O–H groups in total. The Bertz CT molecular complexity index is 180. The van der Waals surface area contributed by atoms with Crippen molar-refractivity contribution in [3.63, 3.8) is 0 Å². The third-order valence-corrected chi connectivity index (χ3v) is 2.56. The van der Waals surface area contributed by atoms with Gasteiger partial charge in [0.1, 0.15) is 5.60 Å². The van der Waals surface area contributed by atoms with Gasteiger partial charge in [-0.15, -0.1) is 0 Å². The molecule has 1 aliphatic rings. The first-order chi connectivity index (χ1) is 7.37. The molecule has 1 heterocycles. The van der Waals surface area contributed by atoms with Crippen molar-refractivity contribution < 1.29 is 9.53 Å². The lowest BCUT2D eigenvalue weighted by molar-refractivity contribution is -0.138. The second-order valence-electron chi connectivity index (χ2n) is 5.29. The van der Waals surface area contributed by atoms with Gasteiger partial charge in [-0.1, -0.05) is 6.92 Å². The number of hydrogen-bond donors (Lipinski definition) is 2. The van der Waals surface area contributed by atoms with Crippen molar-refractivity contribution in [1.82, 2.24) is 5.32 Å². The standard InChI is InChI=1S/C7H16N2.C5H10O2/c1-6-2-4-9-5-3-7(6)8;1-5(2,3)7-4-6/h6-7,9H,2-5,8H2,1H3;4H,1-3H3. The summed E-state index contributed by atoms with van der Waals surface area (Å²) in [5.41, 5.74) is 5.52. The van der Waals surface area contributed by atoms with Crippen LogP contribution in [0.4, 0.5) is 0 Å². The van der Waals surface area contributed by atoms with Crippen LogP contribution in [-0.2, 0) is 9.53 Å². The van der Waals surface area contributed by atoms with Crippen LogP contribution in [0.2, 0.25) is 0 Å². The van der Waals surface area contributed by atoms with Crippen molar-refractivity contribution in [3.05, 3.63) is 0 Å². The van der Waals surface area contributed by atoms with Gasteiger partial charge in [-0.3, -0.25) is 4.79 Å². The molecule has 1 saturated heterocycles. The van der Waals surface area contributed by atoms with Crippen LogP contribution in [0.5, 0.6) is 0 Å². The summed E-state index contributed by atoms with van der Waals surface area (Å²) in [4.78, 5) is 9.60. The van der Waals surface area contributed by atoms with Crippen LogP contribution in [0.15, 0.2) is 0 Å². The minimum absolute atomic E-state index is 0.318. The molecule has 2 atom stereocenters. The van der Waals surface area contributed by atoms with Crippen LogP contribution in [0, 0.1) is 5.92 Å². The molecule has 4 nitrogen and oxygen atoms in total. The molecule has 2 unspecified atom stereocenters. The molecular formula is C12H26N2O2. The summed E-state index contributed by atoms with van der Waals surface area (Å²) in [7, 11) is 0. The Morgan fingerprint density at radius 2 is 1.88 bits per heavy atom. The van der Waals surface area contributed by atoms with Crippen LogP contribution in [0.25, 0.3) is 0 Å². The number of carbonyl (C=O) groups excluding carboxylic acids is 1. The molecule has 96 valence electrons. The maximum Gasteiger partial charge on any atom is 0.293 e. The van der Waals surface area contributed by atoms with Gasteiger partial charge in [-0.05, 0) is 52.6 Å². The molecule has 16 heavy (non-hydrogen) atoms. The Balaban J connectivity index is 0.000000293. The highest BCUT2D eigenvalue weighted by Crippen LogP contribution is 2.10. The highest BCUT2D eigenvalue weighted by molar-refractivity contribution is 5.37. The van der Waals surface area contributed by atoms with E-state index in [0.717, 1.165) is 19.5 Å². The highest BCUT2D eigenvalue weighted by Gasteiger charge is 2.14. The normalized spacial score (nSPS) is 26.1. The fourth-order valence-electron chi connectivity index (χ4n) is 1.37. The van der Waals surface area contributed by atoms with Crippen LogP contribution in [-0.4, -0.2) is 31.2 Å². The lowest BCUT2D eigenvalue weighted by atomic mass is 9.98. The summed E-state index contributed by atoms with van der Waals surface area (Å²) < 4.78 is 4.55. The van der Waals surface area contributed by atoms with E-state index in [1.165, 1.54) is 6.42 Å². The van der Waals surface area contributed by atoms with Crippen molar-refractivity contribution in [2.24, 2.45) is 11.7 Å². The summed E-state index contributed by atoms with van der Waals surface area (Å²) in [5.74, 6) is 0.708. The van der Waals surface area contributed by atoms with E-state index in [4.69, 9.17) is 5.73 Å². The van der Waals surface area contributed by atoms with E-state index in [1.807, 2.05) is 20.8 Å². The Kier molecular flexibility index (Phi) is 7.34. The Morgan fingerprint density at radius 3 is 2.31 bits per heavy atom. The maximum absolute atomic E-state index is 9.60. The highest BCUT2D eigenvalue weighted by atomic mass is 16.5. The zero-order chi connectivity index (χ0) is 12.6. The molecule has 0 bridgehead atoms. The van der Waals surface area contributed by atoms with E-state index < -0.39 is 0 Å². The fraction of sp³-hybridized carbons (Fsp3) is 0.917. The van der Waals surface area contributed by atoms with E-state index in [0.29, 0.717) is 18.4 Å². The van der Waals surface area contributed by atoms with Gasteiger partial charge in [0.2, 0.25) is 0 Å². The Hall–Kier alpha value is -0.610. The molecule has 1 rings (SSSR count). The zero-order valence-corrected chi connectivity index (χ0v) is 11.0. The third kappa shape index (κ3) is 8.68. The van der Waals surface area contributed by atoms with Crippen LogP contribution in [0.3, 0.4) is 0 Å². The van der Waals surface area contributed by atoms with E-state index >= 15 is 0 Å². The first-order valence-electron chi connectivity index (χ1n) is 5.94. The van der Waals surface area contributed by atoms with Gasteiger partial charge >= 0.3 is 0 Å². The number of ether oxygens (including phenoxy) is 1. The largest absolute Gasteiger partial charge is 0.462 e. The van der Waals surface area contributed by atoms with E-state index in [1.54, 1.807) is 0 Å². The summed E-state index contributed by atoms with van der Waals surface area (Å²) in [6.07, 6.45) is 2.38. The molecule has 0 saturated carbocycles. The lowest BCUT2D eigenvalue weighted by Crippen LogP contribution is -2.27. The Morgan fingerprint density at radius 1 is 1.31 bits per heavy atom. The molecule has 4 heteroatoms. The number of nitrogens with one attached hydrogen (secondary N) is 1. The van der Waals surface area contributed by atoms with Crippen molar-refractivity contribution in [2.75, 3.05) is 13.1 Å². The van der Waals surface area contributed by atoms with Crippen molar-refractivity contribution in [1.29, 1.82) is 0 Å². The average molecular weight is 230 g/mol. The molecule has 0 amide bonds. The Labute approximate surface area is 98.9 Å². The maximum atomic E-state index is 9.60. The summed E-state index contributed by atoms with van der Waals surface area (Å²) in [6, 6.07) is 0.431. The number of nitrogens with two attached hydrogens (primary N) is 1. The van der Waals surface area contributed by atoms with E-state index in [2.05, 4.69) is 17.0 Å². The molecular weight excluding hydrogens is 204 g/mol. The number of carbonyl (C=O) groups is 1. The summed E-state index contributed by atoms with van der Waals surface area (Å²) in [5, 5.41) is 3.33. The van der Waals surface area contributed by atoms with Gasteiger partial charge in [0.05, 0.1) is 0 Å². The number of hydrogen-bond acceptors (Lipinski definition) is 4. The molecule has 1 fully saturated rings. The molecule has 0 aromatic heterocycles. The first-order valence-corrected chi connectivity index (χ1v) is 5.94. The lowest BCUT2D eigenvalue weighted by Gasteiger charge is -2.14. The molecule has 0 radical (unpaired) electrons. The van der Waals surface area contributed by atoms with Crippen molar-refractivity contribution in [3.8, 4) is 0 Å². The smallest absolute Gasteiger partial charge is 0.293 e. The van der Waals surface area contributed by atoms with Crippen LogP contribution in [0.1, 0.15) is 40.5 Å². The quantitative estimate of drug-likeness (QED) is 0.666. The zero-order valence-electron chi connectivity index (χ0n) is 11.0. The van der Waals surface area contributed by atoms with Gasteiger partial charge in [0.25, 0.3) is 6.47 Å². The van der Waals surface area contributed by atoms with Gasteiger partial charge in [0.15, 0.2) is 0 Å². The number of rotatable bonds is 1. The predicted molar refractivity (Wildman–Crippen MR) is 66.1 cm³/mol. The SMILES string of the molecule is CC(C)(C)OC=O.CC1CCNCCC1N. The molecule has 0 aromatic carbocycles. The average Bonchev–Trinajstić information content (AvgIpc) is 2.31. The summed E-state index contributed by atoms with van der Waals surface area (Å²) >= 11 is 0. The van der Waals surface area contributed by atoms with Gasteiger partial charge in [-0.2, -0.15) is 0 Å². The minimum atomic E-state index is -0.318. The molecule has 0 aliphatic carbocycles. The monoisotopic (exact) mass is 230 g/mol. The second kappa shape index (κ2) is 7.63. The van der Waals surface area contributed by atoms with Crippen molar-refractivity contribution >= 4 is 6.47 Å². The first kappa shape index (κ1) is 15.4. The molecule has 0 spiro atoms. The van der Waals surface area contributed by atoms with Crippen LogP contribution < -0.4 is 11.1 Å². The molecule has 1 aliphatic heterocycles. The van der Waals surface area contributed by atoms with Gasteiger partial charge in [-0.25, -0.2) is 0 Å². The van der Waals surface area contributed by atoms with Crippen molar-refractivity contribution in [2.45, 2.75) is 52.2 Å². The van der Waals surface area contributed by atoms with E-state index in [9.17, 15) is 4.79 Å². The predicted octanol–water partition coefficient (Wildman–Crippen LogP) is 1.29. The van der Waals surface area contributed by atoms with E-state index in [-0.39, 0.29) is 5.60 Å². The summed E-state index contributed by atoms with van der Waals surface area (Å²) in [6.45, 7) is 10.4. The second-order valence-corrected chi connectivity index (χ2v) is 5.29. The molecule has 0 aromatic rings. The topological polar surface area (TPSA) is 64.3 Å². The van der Waals surface area contributed by atoms with Gasteiger partial charge in [0, 0.05) is 6.04 Å². The van der Waals surface area contributed by atoms with Gasteiger partial charge < -0.3 is 15.8 Å². The fourth-order valence-corrected chi connectivity index (χ4v) is 1.37.